The molecule has 0 aromatic heterocycles. The topological polar surface area (TPSA) is 55.4 Å². The number of halogens is 1. The molecule has 1 aromatic rings. The van der Waals surface area contributed by atoms with Gasteiger partial charge in [0.2, 0.25) is 10.0 Å². The second kappa shape index (κ2) is 7.12. The first kappa shape index (κ1) is 15.5. The largest absolute Gasteiger partial charge is 0.478 e. The van der Waals surface area contributed by atoms with Gasteiger partial charge >= 0.3 is 0 Å². The van der Waals surface area contributed by atoms with Crippen molar-refractivity contribution in [1.82, 2.24) is 4.72 Å². The Bertz CT molecular complexity index is 573. The summed E-state index contributed by atoms with van der Waals surface area (Å²) in [6.07, 6.45) is 0. The fourth-order valence-corrected chi connectivity index (χ4v) is 1.70. The molecule has 0 unspecified atom stereocenters. The molecule has 6 heteroatoms. The molecule has 0 heterocycles. The number of benzene rings is 1. The summed E-state index contributed by atoms with van der Waals surface area (Å²) in [5.74, 6) is 4.88. The zero-order valence-corrected chi connectivity index (χ0v) is 11.6. The minimum absolute atomic E-state index is 0.00431. The molecule has 1 aromatic carbocycles. The van der Waals surface area contributed by atoms with Crippen molar-refractivity contribution in [3.63, 3.8) is 0 Å². The highest BCUT2D eigenvalue weighted by Crippen LogP contribution is 2.14. The predicted octanol–water partition coefficient (Wildman–Crippen LogP) is 1.54. The molecule has 0 aliphatic heterocycles. The van der Waals surface area contributed by atoms with Crippen LogP contribution in [0.3, 0.4) is 0 Å². The van der Waals surface area contributed by atoms with Crippen molar-refractivity contribution >= 4 is 10.0 Å². The van der Waals surface area contributed by atoms with Gasteiger partial charge < -0.3 is 4.74 Å². The molecule has 0 radical (unpaired) electrons. The van der Waals surface area contributed by atoms with Gasteiger partial charge in [-0.1, -0.05) is 24.0 Å². The first-order chi connectivity index (χ1) is 8.93. The lowest BCUT2D eigenvalue weighted by Crippen LogP contribution is -2.31. The highest BCUT2D eigenvalue weighted by atomic mass is 32.2. The van der Waals surface area contributed by atoms with Crippen molar-refractivity contribution < 1.29 is 17.5 Å². The predicted molar refractivity (Wildman–Crippen MR) is 71.7 cm³/mol. The van der Waals surface area contributed by atoms with E-state index in [1.165, 1.54) is 12.1 Å². The summed E-state index contributed by atoms with van der Waals surface area (Å²) in [5.41, 5.74) is 0. The molecule has 0 aliphatic carbocycles. The van der Waals surface area contributed by atoms with Crippen LogP contribution in [0.2, 0.25) is 0 Å². The first-order valence-corrected chi connectivity index (χ1v) is 7.29. The molecule has 0 bridgehead atoms. The van der Waals surface area contributed by atoms with Crippen LogP contribution in [-0.4, -0.2) is 26.8 Å². The van der Waals surface area contributed by atoms with Gasteiger partial charge in [0.1, 0.15) is 6.61 Å². The highest BCUT2D eigenvalue weighted by Gasteiger charge is 2.13. The van der Waals surface area contributed by atoms with Crippen LogP contribution in [0.5, 0.6) is 5.75 Å². The van der Waals surface area contributed by atoms with E-state index in [1.54, 1.807) is 26.0 Å². The van der Waals surface area contributed by atoms with E-state index in [9.17, 15) is 12.8 Å². The lowest BCUT2D eigenvalue weighted by Gasteiger charge is -2.05. The fourth-order valence-electron chi connectivity index (χ4n) is 1.09. The van der Waals surface area contributed by atoms with Gasteiger partial charge in [-0.05, 0) is 26.0 Å². The van der Waals surface area contributed by atoms with E-state index in [2.05, 4.69) is 16.6 Å². The van der Waals surface area contributed by atoms with E-state index in [0.717, 1.165) is 0 Å². The third kappa shape index (κ3) is 5.28. The van der Waals surface area contributed by atoms with E-state index in [1.807, 2.05) is 0 Å². The maximum atomic E-state index is 13.1. The molecule has 0 saturated carbocycles. The average molecular weight is 285 g/mol. The number of sulfonamides is 1. The minimum Gasteiger partial charge on any atom is -0.478 e. The third-order valence-corrected chi connectivity index (χ3v) is 4.03. The van der Waals surface area contributed by atoms with Gasteiger partial charge in [0.15, 0.2) is 11.6 Å². The van der Waals surface area contributed by atoms with Gasteiger partial charge in [-0.2, -0.15) is 0 Å². The number of ether oxygens (including phenoxy) is 1. The molecule has 0 amide bonds. The Morgan fingerprint density at radius 2 is 2.00 bits per heavy atom. The van der Waals surface area contributed by atoms with Crippen LogP contribution in [0.25, 0.3) is 0 Å². The van der Waals surface area contributed by atoms with Gasteiger partial charge in [0.05, 0.1) is 11.8 Å². The lowest BCUT2D eigenvalue weighted by atomic mass is 10.3. The molecule has 0 fully saturated rings. The van der Waals surface area contributed by atoms with Crippen LogP contribution in [0, 0.1) is 17.7 Å². The van der Waals surface area contributed by atoms with Gasteiger partial charge in [0.25, 0.3) is 0 Å². The molecule has 0 saturated heterocycles. The Labute approximate surface area is 113 Å². The van der Waals surface area contributed by atoms with Crippen molar-refractivity contribution in [2.75, 3.05) is 13.2 Å². The number of para-hydroxylation sites is 1. The third-order valence-electron chi connectivity index (χ3n) is 2.24. The summed E-state index contributed by atoms with van der Waals surface area (Å²) in [7, 11) is -3.30. The Morgan fingerprint density at radius 1 is 1.32 bits per heavy atom. The molecule has 104 valence electrons. The maximum absolute atomic E-state index is 13.1. The Hall–Kier alpha value is -1.58. The number of rotatable bonds is 5. The van der Waals surface area contributed by atoms with Gasteiger partial charge in [-0.3, -0.25) is 0 Å². The number of hydrogen-bond acceptors (Lipinski definition) is 3. The summed E-state index contributed by atoms with van der Waals surface area (Å²) >= 11 is 0. The molecule has 0 spiro atoms. The average Bonchev–Trinajstić information content (AvgIpc) is 2.35. The van der Waals surface area contributed by atoms with Crippen LogP contribution in [0.1, 0.15) is 13.8 Å². The van der Waals surface area contributed by atoms with E-state index in [4.69, 9.17) is 4.74 Å². The van der Waals surface area contributed by atoms with Crippen LogP contribution in [-0.2, 0) is 10.0 Å². The standard InChI is InChI=1S/C13H16FNO3S/c1-11(2)19(16,17)15-9-5-6-10-18-13-8-4-3-7-12(13)14/h3-4,7-8,11,15H,9-10H2,1-2H3. The molecule has 1 rings (SSSR count). The van der Waals surface area contributed by atoms with Crippen LogP contribution in [0.4, 0.5) is 4.39 Å². The van der Waals surface area contributed by atoms with E-state index < -0.39 is 21.1 Å². The Morgan fingerprint density at radius 3 is 2.63 bits per heavy atom. The summed E-state index contributed by atoms with van der Waals surface area (Å²) in [5, 5.41) is -0.496. The van der Waals surface area contributed by atoms with Crippen molar-refractivity contribution in [3.8, 4) is 17.6 Å². The SMILES string of the molecule is CC(C)S(=O)(=O)NCC#CCOc1ccccc1F. The van der Waals surface area contributed by atoms with Crippen molar-refractivity contribution in [1.29, 1.82) is 0 Å². The summed E-state index contributed by atoms with van der Waals surface area (Å²) in [6.45, 7) is 3.18. The lowest BCUT2D eigenvalue weighted by molar-refractivity contribution is 0.348. The normalized spacial score (nSPS) is 10.9. The maximum Gasteiger partial charge on any atom is 0.214 e. The molecule has 4 nitrogen and oxygen atoms in total. The summed E-state index contributed by atoms with van der Waals surface area (Å²) in [6, 6.07) is 6.01. The monoisotopic (exact) mass is 285 g/mol. The van der Waals surface area contributed by atoms with Gasteiger partial charge in [-0.15, -0.1) is 0 Å². The molecule has 1 N–H and O–H groups in total. The van der Waals surface area contributed by atoms with Crippen molar-refractivity contribution in [2.45, 2.75) is 19.1 Å². The van der Waals surface area contributed by atoms with E-state index in [-0.39, 0.29) is 18.9 Å². The first-order valence-electron chi connectivity index (χ1n) is 5.75. The van der Waals surface area contributed by atoms with Crippen molar-refractivity contribution in [2.24, 2.45) is 0 Å². The van der Waals surface area contributed by atoms with Gasteiger partial charge in [-0.25, -0.2) is 17.5 Å². The summed E-state index contributed by atoms with van der Waals surface area (Å²) in [4.78, 5) is 0. The molecule has 19 heavy (non-hydrogen) atoms. The van der Waals surface area contributed by atoms with Gasteiger partial charge in [0, 0.05) is 0 Å². The zero-order chi connectivity index (χ0) is 14.3. The van der Waals surface area contributed by atoms with Crippen LogP contribution < -0.4 is 9.46 Å². The van der Waals surface area contributed by atoms with E-state index in [0.29, 0.717) is 0 Å². The Balaban J connectivity index is 2.36. The van der Waals surface area contributed by atoms with Crippen LogP contribution >= 0.6 is 0 Å². The quantitative estimate of drug-likeness (QED) is 0.835. The number of hydrogen-bond donors (Lipinski definition) is 1. The fraction of sp³-hybridized carbons (Fsp3) is 0.385. The highest BCUT2D eigenvalue weighted by molar-refractivity contribution is 7.90. The molecular weight excluding hydrogens is 269 g/mol. The number of nitrogens with one attached hydrogen (secondary N) is 1. The smallest absolute Gasteiger partial charge is 0.214 e. The van der Waals surface area contributed by atoms with E-state index >= 15 is 0 Å². The second-order valence-corrected chi connectivity index (χ2v) is 6.31. The van der Waals surface area contributed by atoms with Crippen molar-refractivity contribution in [3.05, 3.63) is 30.1 Å². The minimum atomic E-state index is -3.30. The Kier molecular flexibility index (Phi) is 5.80. The molecule has 0 aliphatic rings. The van der Waals surface area contributed by atoms with Crippen LogP contribution in [0.15, 0.2) is 24.3 Å². The summed E-state index contributed by atoms with van der Waals surface area (Å²) < 4.78 is 43.3. The zero-order valence-electron chi connectivity index (χ0n) is 10.8. The second-order valence-electron chi connectivity index (χ2n) is 3.99. The molecule has 0 atom stereocenters. The molecular formula is C13H16FNO3S.